The van der Waals surface area contributed by atoms with Crippen LogP contribution in [0.1, 0.15) is 22.7 Å². The Labute approximate surface area is 220 Å². The third-order valence-electron chi connectivity index (χ3n) is 7.13. The quantitative estimate of drug-likeness (QED) is 0.179. The van der Waals surface area contributed by atoms with Gasteiger partial charge in [0.25, 0.3) is 17.4 Å². The van der Waals surface area contributed by atoms with E-state index in [-0.39, 0.29) is 16.8 Å². The number of hydrogen-bond acceptors (Lipinski definition) is 7. The Morgan fingerprint density at radius 1 is 0.921 bits per heavy atom. The number of nitrogens with zero attached hydrogens (tertiary/aromatic N) is 4. The van der Waals surface area contributed by atoms with Crippen LogP contribution < -0.4 is 9.80 Å². The van der Waals surface area contributed by atoms with Crippen LogP contribution in [-0.2, 0) is 9.59 Å². The van der Waals surface area contributed by atoms with Gasteiger partial charge in [-0.25, -0.2) is 0 Å². The second-order valence-electron chi connectivity index (χ2n) is 9.70. The molecule has 2 aliphatic rings. The van der Waals surface area contributed by atoms with Crippen LogP contribution in [0.2, 0.25) is 0 Å². The highest BCUT2D eigenvalue weighted by molar-refractivity contribution is 6.51. The zero-order valence-corrected chi connectivity index (χ0v) is 21.2. The van der Waals surface area contributed by atoms with Gasteiger partial charge in [-0.05, 0) is 43.8 Å². The number of likely N-dealkylation sites (N-methyl/N-ethyl adjacent to an activating group) is 1. The van der Waals surface area contributed by atoms with Crippen molar-refractivity contribution in [2.75, 3.05) is 43.0 Å². The van der Waals surface area contributed by atoms with Crippen molar-refractivity contribution in [3.05, 3.63) is 105 Å². The van der Waals surface area contributed by atoms with Crippen molar-refractivity contribution in [2.45, 2.75) is 13.0 Å². The smallest absolute Gasteiger partial charge is 0.300 e. The number of aryl methyl sites for hydroxylation is 1. The Balaban J connectivity index is 1.60. The van der Waals surface area contributed by atoms with E-state index in [1.165, 1.54) is 29.2 Å². The van der Waals surface area contributed by atoms with E-state index < -0.39 is 28.4 Å². The molecule has 2 fully saturated rings. The fraction of sp³-hybridized carbons (Fsp3) is 0.241. The maximum atomic E-state index is 13.4. The summed E-state index contributed by atoms with van der Waals surface area (Å²) in [5.74, 6) is -2.06. The summed E-state index contributed by atoms with van der Waals surface area (Å²) < 4.78 is 0. The molecule has 0 aromatic heterocycles. The van der Waals surface area contributed by atoms with Crippen LogP contribution >= 0.6 is 0 Å². The van der Waals surface area contributed by atoms with Gasteiger partial charge in [-0.1, -0.05) is 42.0 Å². The minimum atomic E-state index is -0.899. The van der Waals surface area contributed by atoms with E-state index in [0.29, 0.717) is 11.3 Å². The summed E-state index contributed by atoms with van der Waals surface area (Å²) in [6.07, 6.45) is 0. The summed E-state index contributed by atoms with van der Waals surface area (Å²) in [6, 6.07) is 19.4. The average molecular weight is 513 g/mol. The third kappa shape index (κ3) is 4.64. The van der Waals surface area contributed by atoms with E-state index in [1.807, 2.05) is 49.4 Å². The van der Waals surface area contributed by atoms with Gasteiger partial charge in [0.15, 0.2) is 0 Å². The van der Waals surface area contributed by atoms with E-state index in [1.54, 1.807) is 6.07 Å². The highest BCUT2D eigenvalue weighted by Gasteiger charge is 2.47. The van der Waals surface area contributed by atoms with Gasteiger partial charge in [0, 0.05) is 55.2 Å². The molecule has 1 unspecified atom stereocenters. The van der Waals surface area contributed by atoms with E-state index in [2.05, 4.69) is 16.8 Å². The van der Waals surface area contributed by atoms with Crippen molar-refractivity contribution in [3.63, 3.8) is 0 Å². The fourth-order valence-corrected chi connectivity index (χ4v) is 5.07. The highest BCUT2D eigenvalue weighted by Crippen LogP contribution is 2.43. The minimum Gasteiger partial charge on any atom is -0.507 e. The van der Waals surface area contributed by atoms with Gasteiger partial charge in [-0.2, -0.15) is 0 Å². The first-order chi connectivity index (χ1) is 18.2. The molecular weight excluding hydrogens is 484 g/mol. The molecule has 0 aliphatic carbocycles. The number of rotatable bonds is 5. The predicted molar refractivity (Wildman–Crippen MR) is 145 cm³/mol. The van der Waals surface area contributed by atoms with E-state index in [4.69, 9.17) is 0 Å². The molecule has 0 bridgehead atoms. The average Bonchev–Trinajstić information content (AvgIpc) is 3.19. The standard InChI is InChI=1S/C29H28N4O5/c1-19-5-3-6-20(17-19)26-25(27(34)21-7-4-8-24(18-21)33(37)38)28(35)29(36)32(26)23-11-9-22(10-12-23)31-15-13-30(2)14-16-31/h3-12,17-18,26,34H,13-16H2,1-2H3/b27-25-. The Kier molecular flexibility index (Phi) is 6.69. The molecule has 1 amide bonds. The summed E-state index contributed by atoms with van der Waals surface area (Å²) in [4.78, 5) is 43.5. The summed E-state index contributed by atoms with van der Waals surface area (Å²) in [5, 5.41) is 22.6. The second-order valence-corrected chi connectivity index (χ2v) is 9.70. The zero-order valence-electron chi connectivity index (χ0n) is 21.2. The Morgan fingerprint density at radius 3 is 2.24 bits per heavy atom. The lowest BCUT2D eigenvalue weighted by Crippen LogP contribution is -2.44. The number of aliphatic hydroxyl groups is 1. The van der Waals surface area contributed by atoms with Crippen LogP contribution in [0, 0.1) is 17.0 Å². The van der Waals surface area contributed by atoms with Crippen LogP contribution in [-0.4, -0.2) is 59.8 Å². The lowest BCUT2D eigenvalue weighted by molar-refractivity contribution is -0.384. The monoisotopic (exact) mass is 512 g/mol. The van der Waals surface area contributed by atoms with Gasteiger partial charge in [-0.3, -0.25) is 24.6 Å². The maximum Gasteiger partial charge on any atom is 0.300 e. The number of piperazine rings is 1. The normalized spacial score (nSPS) is 19.7. The molecule has 3 aromatic carbocycles. The first-order valence-electron chi connectivity index (χ1n) is 12.4. The number of non-ortho nitro benzene ring substituents is 1. The molecule has 1 N–H and O–H groups in total. The second kappa shape index (κ2) is 10.1. The molecule has 0 radical (unpaired) electrons. The Hall–Kier alpha value is -4.50. The number of ketones is 1. The molecule has 194 valence electrons. The van der Waals surface area contributed by atoms with E-state index in [0.717, 1.165) is 37.4 Å². The van der Waals surface area contributed by atoms with Gasteiger partial charge in [0.1, 0.15) is 5.76 Å². The molecule has 0 spiro atoms. The molecule has 2 aliphatic heterocycles. The number of carbonyl (C=O) groups is 2. The van der Waals surface area contributed by atoms with Crippen molar-refractivity contribution in [3.8, 4) is 0 Å². The first kappa shape index (κ1) is 25.2. The van der Waals surface area contributed by atoms with Crippen LogP contribution in [0.5, 0.6) is 0 Å². The lowest BCUT2D eigenvalue weighted by atomic mass is 9.94. The van der Waals surface area contributed by atoms with Crippen molar-refractivity contribution in [1.29, 1.82) is 0 Å². The van der Waals surface area contributed by atoms with Crippen LogP contribution in [0.3, 0.4) is 0 Å². The van der Waals surface area contributed by atoms with Crippen molar-refractivity contribution >= 4 is 34.5 Å². The van der Waals surface area contributed by atoms with Gasteiger partial charge in [-0.15, -0.1) is 0 Å². The number of hydrogen-bond donors (Lipinski definition) is 1. The number of nitro benzene ring substituents is 1. The van der Waals surface area contributed by atoms with Crippen LogP contribution in [0.4, 0.5) is 17.1 Å². The number of amides is 1. The SMILES string of the molecule is Cc1cccc(C2/C(=C(/O)c3cccc([N+](=O)[O-])c3)C(=O)C(=O)N2c2ccc(N3CCN(C)CC3)cc2)c1. The summed E-state index contributed by atoms with van der Waals surface area (Å²) >= 11 is 0. The molecule has 0 saturated carbocycles. The minimum absolute atomic E-state index is 0.0975. The number of carbonyl (C=O) groups excluding carboxylic acids is 2. The van der Waals surface area contributed by atoms with Gasteiger partial charge < -0.3 is 14.9 Å². The molecule has 9 heteroatoms. The summed E-state index contributed by atoms with van der Waals surface area (Å²) in [7, 11) is 2.09. The molecule has 38 heavy (non-hydrogen) atoms. The number of benzene rings is 3. The van der Waals surface area contributed by atoms with Crippen LogP contribution in [0.25, 0.3) is 5.76 Å². The zero-order chi connectivity index (χ0) is 27.0. The summed E-state index contributed by atoms with van der Waals surface area (Å²) in [6.45, 7) is 5.61. The van der Waals surface area contributed by atoms with Crippen molar-refractivity contribution < 1.29 is 19.6 Å². The maximum absolute atomic E-state index is 13.4. The topological polar surface area (TPSA) is 107 Å². The van der Waals surface area contributed by atoms with Crippen molar-refractivity contribution in [1.82, 2.24) is 4.90 Å². The Bertz CT molecular complexity index is 1440. The lowest BCUT2D eigenvalue weighted by Gasteiger charge is -2.34. The number of nitro groups is 1. The van der Waals surface area contributed by atoms with Gasteiger partial charge >= 0.3 is 0 Å². The molecule has 2 heterocycles. The van der Waals surface area contributed by atoms with Crippen molar-refractivity contribution in [2.24, 2.45) is 0 Å². The number of anilines is 2. The number of aliphatic hydroxyl groups excluding tert-OH is 1. The first-order valence-corrected chi connectivity index (χ1v) is 12.4. The summed E-state index contributed by atoms with van der Waals surface area (Å²) in [5.41, 5.74) is 2.89. The fourth-order valence-electron chi connectivity index (χ4n) is 5.07. The van der Waals surface area contributed by atoms with E-state index in [9.17, 15) is 24.8 Å². The largest absolute Gasteiger partial charge is 0.507 e. The van der Waals surface area contributed by atoms with E-state index >= 15 is 0 Å². The molecule has 5 rings (SSSR count). The Morgan fingerprint density at radius 2 is 1.58 bits per heavy atom. The highest BCUT2D eigenvalue weighted by atomic mass is 16.6. The number of Topliss-reactive ketones (excluding diaryl/α,β-unsaturated/α-hetero) is 1. The predicted octanol–water partition coefficient (Wildman–Crippen LogP) is 4.28. The van der Waals surface area contributed by atoms with Crippen LogP contribution in [0.15, 0.2) is 78.4 Å². The molecule has 3 aromatic rings. The molecule has 1 atom stereocenters. The van der Waals surface area contributed by atoms with Gasteiger partial charge in [0.05, 0.1) is 16.5 Å². The molecule has 2 saturated heterocycles. The molecule has 9 nitrogen and oxygen atoms in total. The third-order valence-corrected chi connectivity index (χ3v) is 7.13. The molecular formula is C29H28N4O5. The van der Waals surface area contributed by atoms with Gasteiger partial charge in [0.2, 0.25) is 0 Å².